The highest BCUT2D eigenvalue weighted by Gasteiger charge is 2.36. The fraction of sp³-hybridized carbons (Fsp3) is 0.303. The number of esters is 1. The van der Waals surface area contributed by atoms with Gasteiger partial charge in [0.25, 0.3) is 5.56 Å². The van der Waals surface area contributed by atoms with Crippen molar-refractivity contribution in [3.63, 3.8) is 0 Å². The zero-order chi connectivity index (χ0) is 32.5. The number of rotatable bonds is 6. The lowest BCUT2D eigenvalue weighted by molar-refractivity contribution is -0.138. The van der Waals surface area contributed by atoms with Gasteiger partial charge in [-0.1, -0.05) is 65.9 Å². The second-order valence-corrected chi connectivity index (χ2v) is 10.6. The molecule has 44 heavy (non-hydrogen) atoms. The number of aliphatic hydroxyl groups is 3. The minimum atomic E-state index is -0.762. The van der Waals surface area contributed by atoms with Gasteiger partial charge in [-0.15, -0.1) is 11.3 Å². The van der Waals surface area contributed by atoms with Crippen LogP contribution in [0.2, 0.25) is 0 Å². The molecule has 0 spiro atoms. The Hall–Kier alpha value is -3.87. The van der Waals surface area contributed by atoms with Crippen LogP contribution in [0.1, 0.15) is 49.7 Å². The Balaban J connectivity index is 0.000000672. The van der Waals surface area contributed by atoms with Crippen molar-refractivity contribution in [3.05, 3.63) is 113 Å². The first-order valence-electron chi connectivity index (χ1n) is 14.1. The van der Waals surface area contributed by atoms with E-state index in [9.17, 15) is 9.59 Å². The summed E-state index contributed by atoms with van der Waals surface area (Å²) in [5, 5.41) is 24.7. The summed E-state index contributed by atoms with van der Waals surface area (Å²) >= 11 is 2.86. The number of carbonyl (C=O) groups is 1. The summed E-state index contributed by atoms with van der Waals surface area (Å²) in [6.07, 6.45) is 1.87. The van der Waals surface area contributed by atoms with E-state index in [0.717, 1.165) is 10.4 Å². The number of para-hydroxylation sites is 1. The van der Waals surface area contributed by atoms with Gasteiger partial charge in [-0.2, -0.15) is 0 Å². The quantitative estimate of drug-likeness (QED) is 0.272. The first kappa shape index (κ1) is 36.3. The van der Waals surface area contributed by atoms with Crippen molar-refractivity contribution in [2.75, 3.05) is 33.5 Å². The molecule has 1 atom stereocenters. The summed E-state index contributed by atoms with van der Waals surface area (Å²) in [6.45, 7) is 7.75. The number of thiophene rings is 1. The first-order chi connectivity index (χ1) is 21.4. The van der Waals surface area contributed by atoms with Gasteiger partial charge in [-0.25, -0.2) is 9.79 Å². The number of benzene rings is 2. The highest BCUT2D eigenvalue weighted by atomic mass is 32.1. The monoisotopic (exact) mass is 640 g/mol. The third kappa shape index (κ3) is 9.31. The molecule has 1 aliphatic heterocycles. The third-order valence-corrected chi connectivity index (χ3v) is 7.43. The van der Waals surface area contributed by atoms with Crippen LogP contribution in [0.15, 0.2) is 87.5 Å². The predicted octanol–water partition coefficient (Wildman–Crippen LogP) is 4.00. The van der Waals surface area contributed by atoms with E-state index in [0.29, 0.717) is 31.9 Å². The Labute approximate surface area is 265 Å². The third-order valence-electron chi connectivity index (χ3n) is 5.62. The largest absolute Gasteiger partial charge is 0.496 e. The van der Waals surface area contributed by atoms with E-state index in [-0.39, 0.29) is 32.0 Å². The molecular formula is C33H40N2O7S2. The van der Waals surface area contributed by atoms with Gasteiger partial charge in [0.1, 0.15) is 11.8 Å². The molecular weight excluding hydrogens is 601 g/mol. The van der Waals surface area contributed by atoms with Crippen molar-refractivity contribution in [1.29, 1.82) is 0 Å². The van der Waals surface area contributed by atoms with E-state index in [1.807, 2.05) is 78.2 Å². The lowest BCUT2D eigenvalue weighted by atomic mass is 9.92. The molecule has 0 bridgehead atoms. The molecule has 0 amide bonds. The molecule has 3 N–H and O–H groups in total. The maximum Gasteiger partial charge on any atom is 0.338 e. The fourth-order valence-corrected chi connectivity index (χ4v) is 5.85. The van der Waals surface area contributed by atoms with Gasteiger partial charge in [0.2, 0.25) is 0 Å². The number of methoxy groups -OCH3 is 1. The number of fused-ring (bicyclic) bond motifs is 1. The molecule has 4 aromatic rings. The van der Waals surface area contributed by atoms with Crippen molar-refractivity contribution in [2.45, 2.75) is 33.7 Å². The molecule has 3 heterocycles. The Morgan fingerprint density at radius 3 is 2.11 bits per heavy atom. The standard InChI is InChI=1S/C27H22N2O4S2.3C2H6O/c1-3-33-26(31)22-23(17-10-5-4-6-11-17)28-27-29(24(22)19-13-7-8-14-20(19)32-2)25(30)21(35-27)16-18-12-9-15-34-18;3*1-2-3/h4-16,24H,3H2,1-2H3;3*3H,2H2,1H3/b21-16+;;;. The highest BCUT2D eigenvalue weighted by molar-refractivity contribution is 7.11. The van der Waals surface area contributed by atoms with Crippen molar-refractivity contribution in [1.82, 2.24) is 4.57 Å². The molecule has 0 aliphatic carbocycles. The molecule has 1 aliphatic rings. The van der Waals surface area contributed by atoms with Crippen LogP contribution in [0.4, 0.5) is 0 Å². The number of ether oxygens (including phenoxy) is 2. The zero-order valence-electron chi connectivity index (χ0n) is 25.6. The van der Waals surface area contributed by atoms with Crippen LogP contribution in [-0.2, 0) is 9.53 Å². The van der Waals surface area contributed by atoms with Gasteiger partial charge in [-0.3, -0.25) is 9.36 Å². The zero-order valence-corrected chi connectivity index (χ0v) is 27.2. The summed E-state index contributed by atoms with van der Waals surface area (Å²) in [6, 6.07) is 20.0. The number of hydrogen-bond donors (Lipinski definition) is 3. The molecule has 0 radical (unpaired) electrons. The van der Waals surface area contributed by atoms with Crippen molar-refractivity contribution in [2.24, 2.45) is 4.99 Å². The number of nitrogens with zero attached hydrogens (tertiary/aromatic N) is 2. The van der Waals surface area contributed by atoms with Crippen LogP contribution in [0, 0.1) is 0 Å². The first-order valence-corrected chi connectivity index (χ1v) is 15.8. The lowest BCUT2D eigenvalue weighted by Crippen LogP contribution is -2.40. The summed E-state index contributed by atoms with van der Waals surface area (Å²) < 4.78 is 13.3. The van der Waals surface area contributed by atoms with Crippen LogP contribution in [0.5, 0.6) is 5.75 Å². The smallest absolute Gasteiger partial charge is 0.338 e. The average Bonchev–Trinajstić information content (AvgIpc) is 3.65. The van der Waals surface area contributed by atoms with Gasteiger partial charge in [0.05, 0.1) is 29.5 Å². The van der Waals surface area contributed by atoms with Crippen LogP contribution >= 0.6 is 22.7 Å². The predicted molar refractivity (Wildman–Crippen MR) is 177 cm³/mol. The molecule has 0 saturated heterocycles. The van der Waals surface area contributed by atoms with E-state index < -0.39 is 12.0 Å². The number of aromatic nitrogens is 1. The van der Waals surface area contributed by atoms with E-state index in [4.69, 9.17) is 29.8 Å². The van der Waals surface area contributed by atoms with Gasteiger partial charge in [0.15, 0.2) is 4.80 Å². The molecule has 2 aromatic carbocycles. The van der Waals surface area contributed by atoms with Crippen molar-refractivity contribution in [3.8, 4) is 5.75 Å². The molecule has 2 aromatic heterocycles. The maximum absolute atomic E-state index is 13.8. The number of aliphatic hydroxyl groups excluding tert-OH is 3. The number of carbonyl (C=O) groups excluding carboxylic acids is 1. The van der Waals surface area contributed by atoms with E-state index >= 15 is 0 Å². The van der Waals surface area contributed by atoms with Crippen LogP contribution in [0.3, 0.4) is 0 Å². The van der Waals surface area contributed by atoms with E-state index in [2.05, 4.69) is 0 Å². The van der Waals surface area contributed by atoms with Crippen LogP contribution in [0.25, 0.3) is 11.8 Å². The van der Waals surface area contributed by atoms with Gasteiger partial charge >= 0.3 is 5.97 Å². The van der Waals surface area contributed by atoms with E-state index in [1.165, 1.54) is 11.3 Å². The SMILES string of the molecule is CCO.CCO.CCO.CCOC(=O)C1=C(c2ccccc2)N=c2s/c(=C/c3cccs3)c(=O)n2C1c1ccccc1OC. The Morgan fingerprint density at radius 2 is 1.55 bits per heavy atom. The van der Waals surface area contributed by atoms with Gasteiger partial charge in [0, 0.05) is 35.8 Å². The normalized spacial score (nSPS) is 13.5. The number of thiazole rings is 1. The Morgan fingerprint density at radius 1 is 0.932 bits per heavy atom. The minimum Gasteiger partial charge on any atom is -0.496 e. The molecule has 236 valence electrons. The van der Waals surface area contributed by atoms with Crippen molar-refractivity contribution >= 4 is 40.4 Å². The number of hydrogen-bond acceptors (Lipinski definition) is 10. The second kappa shape index (κ2) is 19.4. The van der Waals surface area contributed by atoms with Crippen LogP contribution < -0.4 is 19.6 Å². The highest BCUT2D eigenvalue weighted by Crippen LogP contribution is 2.38. The molecule has 5 rings (SSSR count). The van der Waals surface area contributed by atoms with Crippen LogP contribution in [-0.4, -0.2) is 59.4 Å². The maximum atomic E-state index is 13.8. The molecule has 0 fully saturated rings. The second-order valence-electron chi connectivity index (χ2n) is 8.64. The topological polar surface area (TPSA) is 131 Å². The molecule has 1 unspecified atom stereocenters. The summed E-state index contributed by atoms with van der Waals surface area (Å²) in [5.41, 5.74) is 2.03. The lowest BCUT2D eigenvalue weighted by Gasteiger charge is -2.27. The van der Waals surface area contributed by atoms with Crippen molar-refractivity contribution < 1.29 is 29.6 Å². The summed E-state index contributed by atoms with van der Waals surface area (Å²) in [5.74, 6) is 0.0555. The minimum absolute atomic E-state index is 0.200. The average molecular weight is 641 g/mol. The Kier molecular flexibility index (Phi) is 16.0. The van der Waals surface area contributed by atoms with Gasteiger partial charge in [-0.05, 0) is 51.3 Å². The summed E-state index contributed by atoms with van der Waals surface area (Å²) in [4.78, 5) is 33.5. The fourth-order valence-electron chi connectivity index (χ4n) is 4.13. The molecule has 9 nitrogen and oxygen atoms in total. The van der Waals surface area contributed by atoms with Gasteiger partial charge < -0.3 is 24.8 Å². The molecule has 11 heteroatoms. The Bertz CT molecular complexity index is 1640. The van der Waals surface area contributed by atoms with E-state index in [1.54, 1.807) is 50.7 Å². The summed E-state index contributed by atoms with van der Waals surface area (Å²) in [7, 11) is 1.57. The molecule has 0 saturated carbocycles.